The van der Waals surface area contributed by atoms with Crippen LogP contribution in [0.5, 0.6) is 11.5 Å². The quantitative estimate of drug-likeness (QED) is 0.852. The Morgan fingerprint density at radius 1 is 1.35 bits per heavy atom. The van der Waals surface area contributed by atoms with Crippen LogP contribution in [0.25, 0.3) is 0 Å². The second-order valence-electron chi connectivity index (χ2n) is 5.23. The van der Waals surface area contributed by atoms with Crippen LogP contribution in [0.1, 0.15) is 25.3 Å². The van der Waals surface area contributed by atoms with Crippen LogP contribution < -0.4 is 9.47 Å². The van der Waals surface area contributed by atoms with E-state index in [-0.39, 0.29) is 24.0 Å². The number of benzene rings is 1. The molecule has 0 radical (unpaired) electrons. The molecule has 1 aliphatic carbocycles. The maximum Gasteiger partial charge on any atom is 0.307 e. The minimum absolute atomic E-state index is 0.0644. The predicted octanol–water partition coefficient (Wildman–Crippen LogP) is 2.24. The van der Waals surface area contributed by atoms with Gasteiger partial charge >= 0.3 is 5.97 Å². The van der Waals surface area contributed by atoms with Crippen LogP contribution >= 0.6 is 0 Å². The molecular formula is C13H14O4. The van der Waals surface area contributed by atoms with Crippen molar-refractivity contribution < 1.29 is 19.4 Å². The van der Waals surface area contributed by atoms with Gasteiger partial charge in [0.2, 0.25) is 6.79 Å². The van der Waals surface area contributed by atoms with Crippen molar-refractivity contribution in [1.82, 2.24) is 0 Å². The Morgan fingerprint density at radius 3 is 2.71 bits per heavy atom. The molecule has 4 heteroatoms. The first kappa shape index (κ1) is 10.4. The number of fused-ring (bicyclic) bond motifs is 1. The molecule has 17 heavy (non-hydrogen) atoms. The average molecular weight is 234 g/mol. The Balaban J connectivity index is 1.94. The molecule has 3 rings (SSSR count). The molecule has 90 valence electrons. The molecule has 0 saturated heterocycles. The lowest BCUT2D eigenvalue weighted by molar-refractivity contribution is -0.139. The van der Waals surface area contributed by atoms with Crippen LogP contribution in [0.2, 0.25) is 0 Å². The normalized spacial score (nSPS) is 27.9. The largest absolute Gasteiger partial charge is 0.481 e. The van der Waals surface area contributed by atoms with Gasteiger partial charge in [0.15, 0.2) is 11.5 Å². The van der Waals surface area contributed by atoms with Crippen LogP contribution in [0.3, 0.4) is 0 Å². The number of hydrogen-bond acceptors (Lipinski definition) is 3. The van der Waals surface area contributed by atoms with Crippen molar-refractivity contribution in [2.75, 3.05) is 6.79 Å². The Kier molecular flexibility index (Phi) is 1.94. The van der Waals surface area contributed by atoms with Crippen LogP contribution in [-0.4, -0.2) is 17.9 Å². The minimum atomic E-state index is -0.724. The van der Waals surface area contributed by atoms with E-state index in [1.165, 1.54) is 0 Å². The van der Waals surface area contributed by atoms with E-state index in [9.17, 15) is 4.79 Å². The Hall–Kier alpha value is -1.71. The summed E-state index contributed by atoms with van der Waals surface area (Å²) in [7, 11) is 0. The number of carbonyl (C=O) groups is 1. The SMILES string of the molecule is CC1(C)C(C(=O)O)C1c1ccc2c(c1)OCO2. The molecule has 2 aliphatic rings. The van der Waals surface area contributed by atoms with Crippen molar-refractivity contribution in [2.24, 2.45) is 11.3 Å². The third-order valence-electron chi connectivity index (χ3n) is 3.85. The topological polar surface area (TPSA) is 55.8 Å². The Bertz CT molecular complexity index is 492. The zero-order valence-electron chi connectivity index (χ0n) is 9.77. The zero-order chi connectivity index (χ0) is 12.2. The third-order valence-corrected chi connectivity index (χ3v) is 3.85. The maximum absolute atomic E-state index is 11.1. The van der Waals surface area contributed by atoms with E-state index in [0.29, 0.717) is 5.75 Å². The fourth-order valence-corrected chi connectivity index (χ4v) is 2.83. The summed E-state index contributed by atoms with van der Waals surface area (Å²) in [5, 5.41) is 9.16. The molecule has 0 bridgehead atoms. The molecule has 1 aromatic rings. The van der Waals surface area contributed by atoms with Gasteiger partial charge in [0.1, 0.15) is 0 Å². The third kappa shape index (κ3) is 1.40. The van der Waals surface area contributed by atoms with Gasteiger partial charge in [-0.25, -0.2) is 0 Å². The summed E-state index contributed by atoms with van der Waals surface area (Å²) >= 11 is 0. The molecule has 1 fully saturated rings. The smallest absolute Gasteiger partial charge is 0.307 e. The fourth-order valence-electron chi connectivity index (χ4n) is 2.83. The summed E-state index contributed by atoms with van der Waals surface area (Å²) < 4.78 is 10.6. The van der Waals surface area contributed by atoms with E-state index in [4.69, 9.17) is 14.6 Å². The van der Waals surface area contributed by atoms with Crippen molar-refractivity contribution in [1.29, 1.82) is 0 Å². The molecule has 1 heterocycles. The highest BCUT2D eigenvalue weighted by molar-refractivity contribution is 5.77. The van der Waals surface area contributed by atoms with Crippen molar-refractivity contribution in [3.63, 3.8) is 0 Å². The molecule has 0 amide bonds. The Labute approximate surface area is 99.2 Å². The first-order chi connectivity index (χ1) is 8.01. The summed E-state index contributed by atoms with van der Waals surface area (Å²) in [4.78, 5) is 11.1. The highest BCUT2D eigenvalue weighted by Gasteiger charge is 2.62. The number of rotatable bonds is 2. The maximum atomic E-state index is 11.1. The summed E-state index contributed by atoms with van der Waals surface area (Å²) in [6, 6.07) is 5.69. The summed E-state index contributed by atoms with van der Waals surface area (Å²) in [6.07, 6.45) is 0. The van der Waals surface area contributed by atoms with Crippen molar-refractivity contribution >= 4 is 5.97 Å². The number of carboxylic acid groups (broad SMARTS) is 1. The molecule has 4 nitrogen and oxygen atoms in total. The van der Waals surface area contributed by atoms with Gasteiger partial charge in [0, 0.05) is 5.92 Å². The summed E-state index contributed by atoms with van der Waals surface area (Å²) in [5.74, 6) is 0.489. The lowest BCUT2D eigenvalue weighted by Gasteiger charge is -2.04. The van der Waals surface area contributed by atoms with Crippen LogP contribution in [0.15, 0.2) is 18.2 Å². The molecule has 1 aliphatic heterocycles. The van der Waals surface area contributed by atoms with Crippen molar-refractivity contribution in [3.05, 3.63) is 23.8 Å². The van der Waals surface area contributed by atoms with E-state index in [1.807, 2.05) is 32.0 Å². The molecule has 1 aromatic carbocycles. The van der Waals surface area contributed by atoms with E-state index in [0.717, 1.165) is 11.3 Å². The number of hydrogen-bond donors (Lipinski definition) is 1. The molecule has 1 N–H and O–H groups in total. The van der Waals surface area contributed by atoms with Gasteiger partial charge in [-0.05, 0) is 23.1 Å². The standard InChI is InChI=1S/C13H14O4/c1-13(2)10(11(13)12(14)15)7-3-4-8-9(5-7)17-6-16-8/h3-5,10-11H,6H2,1-2H3,(H,14,15). The van der Waals surface area contributed by atoms with Gasteiger partial charge in [0.25, 0.3) is 0 Å². The second kappa shape index (κ2) is 3.15. The Morgan fingerprint density at radius 2 is 2.06 bits per heavy atom. The highest BCUT2D eigenvalue weighted by Crippen LogP contribution is 2.64. The van der Waals surface area contributed by atoms with E-state index in [1.54, 1.807) is 0 Å². The van der Waals surface area contributed by atoms with Crippen LogP contribution in [-0.2, 0) is 4.79 Å². The van der Waals surface area contributed by atoms with Crippen molar-refractivity contribution in [2.45, 2.75) is 19.8 Å². The summed E-state index contributed by atoms with van der Waals surface area (Å²) in [5.41, 5.74) is 0.839. The second-order valence-corrected chi connectivity index (χ2v) is 5.23. The number of aliphatic carboxylic acids is 1. The van der Waals surface area contributed by atoms with Gasteiger partial charge < -0.3 is 14.6 Å². The van der Waals surface area contributed by atoms with Crippen LogP contribution in [0.4, 0.5) is 0 Å². The molecule has 2 unspecified atom stereocenters. The van der Waals surface area contributed by atoms with E-state index in [2.05, 4.69) is 0 Å². The highest BCUT2D eigenvalue weighted by atomic mass is 16.7. The van der Waals surface area contributed by atoms with Gasteiger partial charge in [0.05, 0.1) is 5.92 Å². The molecule has 0 spiro atoms. The van der Waals surface area contributed by atoms with E-state index >= 15 is 0 Å². The lowest BCUT2D eigenvalue weighted by atomic mass is 10.0. The summed E-state index contributed by atoms with van der Waals surface area (Å²) in [6.45, 7) is 4.22. The first-order valence-corrected chi connectivity index (χ1v) is 5.64. The van der Waals surface area contributed by atoms with Gasteiger partial charge in [-0.15, -0.1) is 0 Å². The van der Waals surface area contributed by atoms with Gasteiger partial charge in [-0.3, -0.25) is 4.79 Å². The molecule has 0 aromatic heterocycles. The average Bonchev–Trinajstić information content (AvgIpc) is 2.66. The molecule has 1 saturated carbocycles. The minimum Gasteiger partial charge on any atom is -0.481 e. The predicted molar refractivity (Wildman–Crippen MR) is 60.2 cm³/mol. The zero-order valence-corrected chi connectivity index (χ0v) is 9.77. The van der Waals surface area contributed by atoms with E-state index < -0.39 is 5.97 Å². The van der Waals surface area contributed by atoms with Gasteiger partial charge in [-0.1, -0.05) is 19.9 Å². The molecular weight excluding hydrogens is 220 g/mol. The fraction of sp³-hybridized carbons (Fsp3) is 0.462. The first-order valence-electron chi connectivity index (χ1n) is 5.64. The lowest BCUT2D eigenvalue weighted by Crippen LogP contribution is -2.03. The molecule has 2 atom stereocenters. The van der Waals surface area contributed by atoms with Crippen LogP contribution in [0, 0.1) is 11.3 Å². The number of ether oxygens (including phenoxy) is 2. The number of carboxylic acids is 1. The monoisotopic (exact) mass is 234 g/mol. The van der Waals surface area contributed by atoms with Gasteiger partial charge in [-0.2, -0.15) is 0 Å². The van der Waals surface area contributed by atoms with Crippen molar-refractivity contribution in [3.8, 4) is 11.5 Å².